The lowest BCUT2D eigenvalue weighted by Gasteiger charge is -2.49. The van der Waals surface area contributed by atoms with Crippen LogP contribution in [0.5, 0.6) is 0 Å². The van der Waals surface area contributed by atoms with Crippen LogP contribution in [0, 0.1) is 16.7 Å². The van der Waals surface area contributed by atoms with Crippen molar-refractivity contribution in [1.29, 1.82) is 0 Å². The third kappa shape index (κ3) is 1.83. The second kappa shape index (κ2) is 4.46. The Labute approximate surface area is 124 Å². The summed E-state index contributed by atoms with van der Waals surface area (Å²) in [6.07, 6.45) is 8.75. The van der Waals surface area contributed by atoms with Gasteiger partial charge in [-0.25, -0.2) is 0 Å². The molecule has 2 aliphatic heterocycles. The molecule has 4 unspecified atom stereocenters. The highest BCUT2D eigenvalue weighted by Crippen LogP contribution is 2.64. The highest BCUT2D eigenvalue weighted by atomic mass is 15.3. The van der Waals surface area contributed by atoms with E-state index in [0.29, 0.717) is 10.8 Å². The summed E-state index contributed by atoms with van der Waals surface area (Å²) in [5, 5.41) is 0. The molecule has 2 heteroatoms. The van der Waals surface area contributed by atoms with E-state index in [0.717, 1.165) is 18.0 Å². The fourth-order valence-electron chi connectivity index (χ4n) is 6.66. The van der Waals surface area contributed by atoms with Crippen LogP contribution >= 0.6 is 0 Å². The summed E-state index contributed by atoms with van der Waals surface area (Å²) in [5.41, 5.74) is 1.16. The van der Waals surface area contributed by atoms with Gasteiger partial charge < -0.3 is 0 Å². The molecule has 0 spiro atoms. The van der Waals surface area contributed by atoms with Gasteiger partial charge in [-0.15, -0.1) is 0 Å². The number of hydrogen-bond donors (Lipinski definition) is 0. The molecule has 114 valence electrons. The van der Waals surface area contributed by atoms with Crippen molar-refractivity contribution >= 4 is 0 Å². The summed E-state index contributed by atoms with van der Waals surface area (Å²) in [6, 6.07) is 1.71. The molecular formula is C18H32N2. The number of rotatable bonds is 1. The van der Waals surface area contributed by atoms with Gasteiger partial charge in [-0.3, -0.25) is 9.80 Å². The second-order valence-electron chi connectivity index (χ2n) is 9.00. The van der Waals surface area contributed by atoms with E-state index in [9.17, 15) is 0 Å². The van der Waals surface area contributed by atoms with Gasteiger partial charge in [0.25, 0.3) is 0 Å². The first kappa shape index (κ1) is 13.6. The monoisotopic (exact) mass is 276 g/mol. The Morgan fingerprint density at radius 2 is 1.65 bits per heavy atom. The quantitative estimate of drug-likeness (QED) is 0.724. The minimum absolute atomic E-state index is 0.542. The third-order valence-electron chi connectivity index (χ3n) is 7.39. The van der Waals surface area contributed by atoms with Crippen molar-refractivity contribution in [1.82, 2.24) is 9.80 Å². The van der Waals surface area contributed by atoms with Crippen molar-refractivity contribution in [3.63, 3.8) is 0 Å². The van der Waals surface area contributed by atoms with Crippen LogP contribution in [0.15, 0.2) is 0 Å². The zero-order valence-corrected chi connectivity index (χ0v) is 13.7. The van der Waals surface area contributed by atoms with Gasteiger partial charge in [-0.1, -0.05) is 20.8 Å². The Morgan fingerprint density at radius 1 is 0.900 bits per heavy atom. The zero-order chi connectivity index (χ0) is 14.0. The molecule has 20 heavy (non-hydrogen) atoms. The molecule has 0 aromatic heterocycles. The molecule has 4 rings (SSSR count). The van der Waals surface area contributed by atoms with Gasteiger partial charge in [0.2, 0.25) is 0 Å². The minimum atomic E-state index is 0.542. The Hall–Kier alpha value is -0.0800. The van der Waals surface area contributed by atoms with Crippen LogP contribution in [-0.2, 0) is 0 Å². The van der Waals surface area contributed by atoms with E-state index in [-0.39, 0.29) is 0 Å². The largest absolute Gasteiger partial charge is 0.299 e. The van der Waals surface area contributed by atoms with Gasteiger partial charge in [0.05, 0.1) is 0 Å². The Kier molecular flexibility index (Phi) is 3.03. The van der Waals surface area contributed by atoms with Crippen molar-refractivity contribution in [2.75, 3.05) is 26.2 Å². The van der Waals surface area contributed by atoms with E-state index in [1.54, 1.807) is 0 Å². The molecular weight excluding hydrogens is 244 g/mol. The minimum Gasteiger partial charge on any atom is -0.299 e. The summed E-state index contributed by atoms with van der Waals surface area (Å²) < 4.78 is 0. The van der Waals surface area contributed by atoms with Gasteiger partial charge in [0.1, 0.15) is 0 Å². The average Bonchev–Trinajstić information content (AvgIpc) is 2.98. The molecule has 4 atom stereocenters. The highest BCUT2D eigenvalue weighted by Gasteiger charge is 2.61. The van der Waals surface area contributed by atoms with Crippen LogP contribution in [-0.4, -0.2) is 48.1 Å². The molecule has 4 aliphatic rings. The first-order chi connectivity index (χ1) is 9.51. The lowest BCUT2D eigenvalue weighted by atomic mass is 9.67. The molecule has 0 aromatic carbocycles. The Bertz CT molecular complexity index is 386. The second-order valence-corrected chi connectivity index (χ2v) is 9.00. The smallest absolute Gasteiger partial charge is 0.0223 e. The van der Waals surface area contributed by atoms with Gasteiger partial charge in [-0.05, 0) is 74.9 Å². The van der Waals surface area contributed by atoms with Crippen molar-refractivity contribution in [2.24, 2.45) is 16.7 Å². The van der Waals surface area contributed by atoms with Crippen molar-refractivity contribution < 1.29 is 0 Å². The summed E-state index contributed by atoms with van der Waals surface area (Å²) in [5.74, 6) is 0.987. The molecule has 2 saturated carbocycles. The normalized spacial score (nSPS) is 48.5. The van der Waals surface area contributed by atoms with Crippen molar-refractivity contribution in [2.45, 2.75) is 71.4 Å². The highest BCUT2D eigenvalue weighted by molar-refractivity contribution is 5.13. The fourth-order valence-corrected chi connectivity index (χ4v) is 6.66. The van der Waals surface area contributed by atoms with E-state index in [4.69, 9.17) is 0 Å². The van der Waals surface area contributed by atoms with Crippen molar-refractivity contribution in [3.8, 4) is 0 Å². The molecule has 0 amide bonds. The molecule has 2 nitrogen and oxygen atoms in total. The Balaban J connectivity index is 1.60. The SMILES string of the molecule is CC12CCC(C1)C(C)(C)C2N1CCCN2CCCC2C1. The first-order valence-corrected chi connectivity index (χ1v) is 8.99. The van der Waals surface area contributed by atoms with E-state index in [1.165, 1.54) is 64.7 Å². The summed E-state index contributed by atoms with van der Waals surface area (Å²) >= 11 is 0. The van der Waals surface area contributed by atoms with Crippen LogP contribution in [0.25, 0.3) is 0 Å². The van der Waals surface area contributed by atoms with Gasteiger partial charge in [0.15, 0.2) is 0 Å². The van der Waals surface area contributed by atoms with Crippen LogP contribution in [0.1, 0.15) is 59.3 Å². The standard InChI is InChI=1S/C18H32N2/c1-17(2)14-7-8-18(3,12-14)16(17)20-11-5-10-19-9-4-6-15(19)13-20/h14-16H,4-13H2,1-3H3. The topological polar surface area (TPSA) is 6.48 Å². The molecule has 0 N–H and O–H groups in total. The molecule has 2 saturated heterocycles. The maximum Gasteiger partial charge on any atom is 0.0223 e. The van der Waals surface area contributed by atoms with Crippen LogP contribution in [0.2, 0.25) is 0 Å². The third-order valence-corrected chi connectivity index (χ3v) is 7.39. The fraction of sp³-hybridized carbons (Fsp3) is 1.00. The lowest BCUT2D eigenvalue weighted by Crippen LogP contribution is -2.54. The van der Waals surface area contributed by atoms with Gasteiger partial charge >= 0.3 is 0 Å². The summed E-state index contributed by atoms with van der Waals surface area (Å²) in [6.45, 7) is 13.2. The first-order valence-electron chi connectivity index (χ1n) is 8.99. The van der Waals surface area contributed by atoms with Gasteiger partial charge in [-0.2, -0.15) is 0 Å². The van der Waals surface area contributed by atoms with Crippen LogP contribution in [0.3, 0.4) is 0 Å². The van der Waals surface area contributed by atoms with Gasteiger partial charge in [0, 0.05) is 18.6 Å². The van der Waals surface area contributed by atoms with E-state index in [1.807, 2.05) is 0 Å². The molecule has 2 heterocycles. The molecule has 0 radical (unpaired) electrons. The number of hydrogen-bond acceptors (Lipinski definition) is 2. The predicted molar refractivity (Wildman–Crippen MR) is 83.8 cm³/mol. The molecule has 4 fully saturated rings. The Morgan fingerprint density at radius 3 is 2.40 bits per heavy atom. The number of fused-ring (bicyclic) bond motifs is 3. The maximum absolute atomic E-state index is 2.94. The lowest BCUT2D eigenvalue weighted by molar-refractivity contribution is 0.000614. The zero-order valence-electron chi connectivity index (χ0n) is 13.7. The van der Waals surface area contributed by atoms with E-state index in [2.05, 4.69) is 30.6 Å². The maximum atomic E-state index is 2.94. The molecule has 0 aromatic rings. The molecule has 2 aliphatic carbocycles. The van der Waals surface area contributed by atoms with Crippen LogP contribution in [0.4, 0.5) is 0 Å². The summed E-state index contributed by atoms with van der Waals surface area (Å²) in [7, 11) is 0. The number of nitrogens with zero attached hydrogens (tertiary/aromatic N) is 2. The van der Waals surface area contributed by atoms with E-state index >= 15 is 0 Å². The molecule has 2 bridgehead atoms. The van der Waals surface area contributed by atoms with E-state index < -0.39 is 0 Å². The summed E-state index contributed by atoms with van der Waals surface area (Å²) in [4.78, 5) is 5.72. The van der Waals surface area contributed by atoms with Crippen molar-refractivity contribution in [3.05, 3.63) is 0 Å². The predicted octanol–water partition coefficient (Wildman–Crippen LogP) is 3.37. The van der Waals surface area contributed by atoms with Crippen LogP contribution < -0.4 is 0 Å². The average molecular weight is 276 g/mol.